The predicted octanol–water partition coefficient (Wildman–Crippen LogP) is 3.06. The van der Waals surface area contributed by atoms with Crippen molar-refractivity contribution in [2.24, 2.45) is 0 Å². The van der Waals surface area contributed by atoms with Crippen LogP contribution in [0.3, 0.4) is 0 Å². The van der Waals surface area contributed by atoms with Gasteiger partial charge in [0.1, 0.15) is 5.52 Å². The van der Waals surface area contributed by atoms with E-state index in [2.05, 4.69) is 10.3 Å². The minimum absolute atomic E-state index is 0.0346. The van der Waals surface area contributed by atoms with E-state index in [1.807, 2.05) is 0 Å². The first-order valence-electron chi connectivity index (χ1n) is 5.79. The number of anilines is 3. The molecule has 2 aromatic carbocycles. The number of nitrogen functional groups attached to an aromatic ring is 1. The summed E-state index contributed by atoms with van der Waals surface area (Å²) in [5, 5.41) is 13.7. The molecule has 0 amide bonds. The smallest absolute Gasteiger partial charge is 0.300 e. The first-order valence-corrected chi connectivity index (χ1v) is 5.79. The van der Waals surface area contributed by atoms with E-state index in [1.54, 1.807) is 30.3 Å². The lowest BCUT2D eigenvalue weighted by molar-refractivity contribution is -0.384. The Morgan fingerprint density at radius 3 is 2.65 bits per heavy atom. The lowest BCUT2D eigenvalue weighted by Gasteiger charge is -2.00. The number of aromatic nitrogens is 1. The third-order valence-electron chi connectivity index (χ3n) is 2.74. The number of nitro groups is 1. The Bertz CT molecular complexity index is 780. The third-order valence-corrected chi connectivity index (χ3v) is 2.74. The van der Waals surface area contributed by atoms with E-state index in [4.69, 9.17) is 10.2 Å². The van der Waals surface area contributed by atoms with Crippen molar-refractivity contribution in [2.75, 3.05) is 11.1 Å². The summed E-state index contributed by atoms with van der Waals surface area (Å²) in [7, 11) is 0. The molecule has 0 saturated heterocycles. The fourth-order valence-corrected chi connectivity index (χ4v) is 1.77. The molecule has 1 aromatic heterocycles. The number of benzene rings is 2. The molecular weight excluding hydrogens is 260 g/mol. The second kappa shape index (κ2) is 4.54. The molecule has 0 unspecified atom stereocenters. The van der Waals surface area contributed by atoms with Crippen LogP contribution >= 0.6 is 0 Å². The number of oxazole rings is 1. The number of nitrogens with zero attached hydrogens (tertiary/aromatic N) is 2. The van der Waals surface area contributed by atoms with Gasteiger partial charge in [-0.2, -0.15) is 4.98 Å². The number of non-ortho nitro benzene ring substituents is 1. The summed E-state index contributed by atoms with van der Waals surface area (Å²) in [6.45, 7) is 0. The van der Waals surface area contributed by atoms with Crippen molar-refractivity contribution in [3.63, 3.8) is 0 Å². The Morgan fingerprint density at radius 1 is 1.20 bits per heavy atom. The highest BCUT2D eigenvalue weighted by molar-refractivity contribution is 5.77. The summed E-state index contributed by atoms with van der Waals surface area (Å²) in [5.41, 5.74) is 7.89. The van der Waals surface area contributed by atoms with Crippen LogP contribution in [-0.2, 0) is 0 Å². The van der Waals surface area contributed by atoms with Crippen molar-refractivity contribution in [1.29, 1.82) is 0 Å². The highest BCUT2D eigenvalue weighted by atomic mass is 16.6. The Kier molecular flexibility index (Phi) is 2.72. The van der Waals surface area contributed by atoms with Gasteiger partial charge in [-0.25, -0.2) is 0 Å². The average molecular weight is 270 g/mol. The zero-order chi connectivity index (χ0) is 14.1. The van der Waals surface area contributed by atoms with Gasteiger partial charge in [0.15, 0.2) is 5.58 Å². The van der Waals surface area contributed by atoms with Crippen LogP contribution in [0.5, 0.6) is 0 Å². The third kappa shape index (κ3) is 2.24. The van der Waals surface area contributed by atoms with Gasteiger partial charge in [0.2, 0.25) is 0 Å². The maximum atomic E-state index is 10.7. The van der Waals surface area contributed by atoms with E-state index in [9.17, 15) is 10.1 Å². The SMILES string of the molecule is Nc1ccc(Nc2nc3ccc([N+](=O)[O-])cc3o2)cc1. The van der Waals surface area contributed by atoms with Crippen molar-refractivity contribution in [2.45, 2.75) is 0 Å². The van der Waals surface area contributed by atoms with Gasteiger partial charge in [-0.1, -0.05) is 0 Å². The van der Waals surface area contributed by atoms with E-state index < -0.39 is 4.92 Å². The number of fused-ring (bicyclic) bond motifs is 1. The molecule has 1 heterocycles. The van der Waals surface area contributed by atoms with Gasteiger partial charge in [-0.15, -0.1) is 0 Å². The standard InChI is InChI=1S/C13H10N4O3/c14-8-1-3-9(4-2-8)15-13-16-11-6-5-10(17(18)19)7-12(11)20-13/h1-7H,14H2,(H,15,16). The topological polar surface area (TPSA) is 107 Å². The molecule has 7 heteroatoms. The molecule has 0 aliphatic heterocycles. The monoisotopic (exact) mass is 270 g/mol. The van der Waals surface area contributed by atoms with Crippen LogP contribution in [0.25, 0.3) is 11.1 Å². The van der Waals surface area contributed by atoms with E-state index in [-0.39, 0.29) is 11.7 Å². The molecule has 100 valence electrons. The summed E-state index contributed by atoms with van der Waals surface area (Å²) in [4.78, 5) is 14.4. The highest BCUT2D eigenvalue weighted by Gasteiger charge is 2.11. The van der Waals surface area contributed by atoms with Crippen LogP contribution in [0.15, 0.2) is 46.9 Å². The van der Waals surface area contributed by atoms with Crippen LogP contribution in [-0.4, -0.2) is 9.91 Å². The van der Waals surface area contributed by atoms with Gasteiger partial charge < -0.3 is 15.5 Å². The van der Waals surface area contributed by atoms with Gasteiger partial charge in [0, 0.05) is 17.4 Å². The number of rotatable bonds is 3. The molecule has 3 N–H and O–H groups in total. The van der Waals surface area contributed by atoms with Gasteiger partial charge in [-0.3, -0.25) is 10.1 Å². The number of nitrogens with two attached hydrogens (primary N) is 1. The quantitative estimate of drug-likeness (QED) is 0.430. The maximum Gasteiger partial charge on any atom is 0.300 e. The molecule has 0 aliphatic carbocycles. The van der Waals surface area contributed by atoms with Crippen LogP contribution in [0, 0.1) is 10.1 Å². The normalized spacial score (nSPS) is 10.6. The second-order valence-corrected chi connectivity index (χ2v) is 4.18. The maximum absolute atomic E-state index is 10.7. The summed E-state index contributed by atoms with van der Waals surface area (Å²) in [5.74, 6) is 0. The number of nitrogens with one attached hydrogen (secondary N) is 1. The molecule has 0 radical (unpaired) electrons. The molecule has 0 atom stereocenters. The van der Waals surface area contributed by atoms with E-state index in [0.717, 1.165) is 5.69 Å². The first-order chi connectivity index (χ1) is 9.61. The van der Waals surface area contributed by atoms with Crippen LogP contribution in [0.2, 0.25) is 0 Å². The van der Waals surface area contributed by atoms with Crippen LogP contribution in [0.4, 0.5) is 23.1 Å². The number of nitro benzene ring substituents is 1. The molecule has 3 aromatic rings. The second-order valence-electron chi connectivity index (χ2n) is 4.18. The summed E-state index contributed by atoms with van der Waals surface area (Å²) >= 11 is 0. The van der Waals surface area contributed by atoms with Crippen molar-refractivity contribution in [3.05, 3.63) is 52.6 Å². The Balaban J connectivity index is 1.92. The zero-order valence-corrected chi connectivity index (χ0v) is 10.2. The van der Waals surface area contributed by atoms with Crippen molar-refractivity contribution in [3.8, 4) is 0 Å². The van der Waals surface area contributed by atoms with Crippen molar-refractivity contribution in [1.82, 2.24) is 4.98 Å². The summed E-state index contributed by atoms with van der Waals surface area (Å²) in [6, 6.07) is 11.6. The Morgan fingerprint density at radius 2 is 1.95 bits per heavy atom. The van der Waals surface area contributed by atoms with Gasteiger partial charge >= 0.3 is 0 Å². The Labute approximate surface area is 113 Å². The van der Waals surface area contributed by atoms with E-state index in [1.165, 1.54) is 12.1 Å². The van der Waals surface area contributed by atoms with Gasteiger partial charge in [0.25, 0.3) is 11.7 Å². The minimum atomic E-state index is -0.477. The van der Waals surface area contributed by atoms with Crippen LogP contribution in [0.1, 0.15) is 0 Å². The molecule has 20 heavy (non-hydrogen) atoms. The van der Waals surface area contributed by atoms with Crippen LogP contribution < -0.4 is 11.1 Å². The molecule has 0 fully saturated rings. The molecule has 3 rings (SSSR count). The fourth-order valence-electron chi connectivity index (χ4n) is 1.77. The highest BCUT2D eigenvalue weighted by Crippen LogP contribution is 2.25. The molecular formula is C13H10N4O3. The Hall–Kier alpha value is -3.09. The molecule has 0 bridgehead atoms. The van der Waals surface area contributed by atoms with Gasteiger partial charge in [-0.05, 0) is 30.3 Å². The lowest BCUT2D eigenvalue weighted by atomic mass is 10.3. The molecule has 0 spiro atoms. The van der Waals surface area contributed by atoms with Crippen molar-refractivity contribution < 1.29 is 9.34 Å². The van der Waals surface area contributed by atoms with Gasteiger partial charge in [0.05, 0.1) is 11.0 Å². The summed E-state index contributed by atoms with van der Waals surface area (Å²) < 4.78 is 5.44. The van der Waals surface area contributed by atoms with E-state index in [0.29, 0.717) is 16.8 Å². The lowest BCUT2D eigenvalue weighted by Crippen LogP contribution is -1.90. The fraction of sp³-hybridized carbons (Fsp3) is 0. The number of hydrogen-bond acceptors (Lipinski definition) is 6. The molecule has 0 aliphatic rings. The zero-order valence-electron chi connectivity index (χ0n) is 10.2. The van der Waals surface area contributed by atoms with E-state index >= 15 is 0 Å². The summed E-state index contributed by atoms with van der Waals surface area (Å²) in [6.07, 6.45) is 0. The number of hydrogen-bond donors (Lipinski definition) is 2. The molecule has 7 nitrogen and oxygen atoms in total. The largest absolute Gasteiger partial charge is 0.423 e. The van der Waals surface area contributed by atoms with Crippen molar-refractivity contribution >= 4 is 34.2 Å². The molecule has 0 saturated carbocycles. The average Bonchev–Trinajstić information content (AvgIpc) is 2.82. The minimum Gasteiger partial charge on any atom is -0.423 e. The predicted molar refractivity (Wildman–Crippen MR) is 74.8 cm³/mol. The first kappa shape index (κ1) is 12.0.